The van der Waals surface area contributed by atoms with Crippen LogP contribution in [0.4, 0.5) is 9.18 Å². The molecule has 1 aliphatic rings. The zero-order valence-electron chi connectivity index (χ0n) is 14.0. The molecule has 0 atom stereocenters. The molecular weight excluding hydrogens is 377 g/mol. The van der Waals surface area contributed by atoms with E-state index in [0.29, 0.717) is 47.0 Å². The fourth-order valence-electron chi connectivity index (χ4n) is 3.00. The second kappa shape index (κ2) is 6.35. The standard InChI is InChI=1S/C17H21BrFN3O2/c1-17(2,3)24-16(23)22-6-4-10(5-7-22)15-14(19)13-11(18)8-20-12(13)9-21-15/h8-10,20H,4-7H2,1-3H3. The number of amides is 1. The van der Waals surface area contributed by atoms with E-state index in [2.05, 4.69) is 25.9 Å². The number of ether oxygens (including phenoxy) is 1. The van der Waals surface area contributed by atoms with E-state index in [0.717, 1.165) is 0 Å². The van der Waals surface area contributed by atoms with Gasteiger partial charge in [0.1, 0.15) is 5.60 Å². The number of pyridine rings is 1. The van der Waals surface area contributed by atoms with Crippen molar-refractivity contribution in [1.82, 2.24) is 14.9 Å². The highest BCUT2D eigenvalue weighted by Gasteiger charge is 2.30. The summed E-state index contributed by atoms with van der Waals surface area (Å²) in [5.74, 6) is -0.272. The molecule has 1 aliphatic heterocycles. The Kier molecular flexibility index (Phi) is 4.55. The topological polar surface area (TPSA) is 58.2 Å². The molecule has 0 unspecified atom stereocenters. The number of nitrogens with zero attached hydrogens (tertiary/aromatic N) is 2. The van der Waals surface area contributed by atoms with Crippen molar-refractivity contribution >= 4 is 32.9 Å². The maximum Gasteiger partial charge on any atom is 0.410 e. The van der Waals surface area contributed by atoms with Gasteiger partial charge in [0.05, 0.1) is 22.8 Å². The van der Waals surface area contributed by atoms with Crippen LogP contribution in [0.25, 0.3) is 10.9 Å². The van der Waals surface area contributed by atoms with Gasteiger partial charge in [-0.3, -0.25) is 4.98 Å². The predicted molar refractivity (Wildman–Crippen MR) is 93.5 cm³/mol. The van der Waals surface area contributed by atoms with E-state index in [1.165, 1.54) is 0 Å². The normalized spacial score (nSPS) is 16.6. The summed E-state index contributed by atoms with van der Waals surface area (Å²) >= 11 is 3.36. The first-order chi connectivity index (χ1) is 11.3. The maximum absolute atomic E-state index is 14.8. The molecule has 3 heterocycles. The van der Waals surface area contributed by atoms with E-state index in [9.17, 15) is 9.18 Å². The molecule has 0 radical (unpaired) electrons. The predicted octanol–water partition coefficient (Wildman–Crippen LogP) is 4.58. The second-order valence-electron chi connectivity index (χ2n) is 7.12. The van der Waals surface area contributed by atoms with Crippen molar-refractivity contribution in [3.05, 3.63) is 28.4 Å². The lowest BCUT2D eigenvalue weighted by Gasteiger charge is -2.33. The minimum Gasteiger partial charge on any atom is -0.444 e. The summed E-state index contributed by atoms with van der Waals surface area (Å²) in [6, 6.07) is 0. The monoisotopic (exact) mass is 397 g/mol. The number of hydrogen-bond acceptors (Lipinski definition) is 3. The molecule has 0 aliphatic carbocycles. The maximum atomic E-state index is 14.8. The number of likely N-dealkylation sites (tertiary alicyclic amines) is 1. The molecule has 24 heavy (non-hydrogen) atoms. The molecule has 7 heteroatoms. The highest BCUT2D eigenvalue weighted by Crippen LogP contribution is 2.34. The van der Waals surface area contributed by atoms with Crippen molar-refractivity contribution in [3.8, 4) is 0 Å². The molecule has 2 aromatic rings. The van der Waals surface area contributed by atoms with Gasteiger partial charge in [0.25, 0.3) is 0 Å². The molecule has 0 bridgehead atoms. The molecule has 1 saturated heterocycles. The summed E-state index contributed by atoms with van der Waals surface area (Å²) in [4.78, 5) is 21.1. The molecule has 3 rings (SSSR count). The van der Waals surface area contributed by atoms with E-state index in [1.54, 1.807) is 17.3 Å². The molecule has 1 amide bonds. The lowest BCUT2D eigenvalue weighted by molar-refractivity contribution is 0.0203. The average molecular weight is 398 g/mol. The molecule has 0 saturated carbocycles. The summed E-state index contributed by atoms with van der Waals surface area (Å²) in [6.07, 6.45) is 4.43. The first kappa shape index (κ1) is 17.2. The van der Waals surface area contributed by atoms with Gasteiger partial charge in [-0.1, -0.05) is 0 Å². The van der Waals surface area contributed by atoms with Gasteiger partial charge in [-0.05, 0) is 49.5 Å². The highest BCUT2D eigenvalue weighted by atomic mass is 79.9. The van der Waals surface area contributed by atoms with Gasteiger partial charge in [0.2, 0.25) is 0 Å². The largest absolute Gasteiger partial charge is 0.444 e. The van der Waals surface area contributed by atoms with Crippen LogP contribution < -0.4 is 0 Å². The van der Waals surface area contributed by atoms with Gasteiger partial charge in [0.15, 0.2) is 5.82 Å². The Bertz CT molecular complexity index is 761. The number of hydrogen-bond donors (Lipinski definition) is 1. The fraction of sp³-hybridized carbons (Fsp3) is 0.529. The minimum absolute atomic E-state index is 0.00915. The van der Waals surface area contributed by atoms with Crippen molar-refractivity contribution in [1.29, 1.82) is 0 Å². The van der Waals surface area contributed by atoms with Gasteiger partial charge in [-0.25, -0.2) is 9.18 Å². The molecule has 0 spiro atoms. The van der Waals surface area contributed by atoms with Crippen molar-refractivity contribution in [2.24, 2.45) is 0 Å². The van der Waals surface area contributed by atoms with Crippen LogP contribution in [0, 0.1) is 5.82 Å². The summed E-state index contributed by atoms with van der Waals surface area (Å²) in [5.41, 5.74) is 0.647. The Morgan fingerprint density at radius 3 is 2.71 bits per heavy atom. The van der Waals surface area contributed by atoms with Crippen LogP contribution in [0.15, 0.2) is 16.9 Å². The quantitative estimate of drug-likeness (QED) is 0.765. The number of aromatic nitrogens is 2. The van der Waals surface area contributed by atoms with Crippen molar-refractivity contribution in [2.75, 3.05) is 13.1 Å². The Morgan fingerprint density at radius 1 is 1.42 bits per heavy atom. The first-order valence-electron chi connectivity index (χ1n) is 8.05. The Balaban J connectivity index is 1.72. The first-order valence-corrected chi connectivity index (χ1v) is 8.84. The number of nitrogens with one attached hydrogen (secondary N) is 1. The number of halogens is 2. The number of H-pyrrole nitrogens is 1. The number of rotatable bonds is 1. The smallest absolute Gasteiger partial charge is 0.410 e. The Hall–Kier alpha value is -1.63. The van der Waals surface area contributed by atoms with Gasteiger partial charge in [-0.2, -0.15) is 0 Å². The lowest BCUT2D eigenvalue weighted by atomic mass is 9.92. The summed E-state index contributed by atoms with van der Waals surface area (Å²) in [6.45, 7) is 6.64. The third kappa shape index (κ3) is 3.41. The number of piperidine rings is 1. The van der Waals surface area contributed by atoms with Crippen molar-refractivity contribution in [2.45, 2.75) is 45.1 Å². The summed E-state index contributed by atoms with van der Waals surface area (Å²) < 4.78 is 20.9. The number of fused-ring (bicyclic) bond motifs is 1. The van der Waals surface area contributed by atoms with E-state index in [1.807, 2.05) is 20.8 Å². The molecule has 130 valence electrons. The molecule has 1 N–H and O–H groups in total. The van der Waals surface area contributed by atoms with Crippen LogP contribution >= 0.6 is 15.9 Å². The van der Waals surface area contributed by atoms with Crippen LogP contribution in [0.3, 0.4) is 0 Å². The van der Waals surface area contributed by atoms with Crippen LogP contribution in [0.5, 0.6) is 0 Å². The SMILES string of the molecule is CC(C)(C)OC(=O)N1CCC(c2ncc3[nH]cc(Br)c3c2F)CC1. The Labute approximate surface area is 148 Å². The Morgan fingerprint density at radius 2 is 2.08 bits per heavy atom. The number of carbonyl (C=O) groups excluding carboxylic acids is 1. The van der Waals surface area contributed by atoms with Crippen LogP contribution in [-0.2, 0) is 4.74 Å². The lowest BCUT2D eigenvalue weighted by Crippen LogP contribution is -2.41. The minimum atomic E-state index is -0.507. The van der Waals surface area contributed by atoms with Crippen LogP contribution in [0.2, 0.25) is 0 Å². The third-order valence-corrected chi connectivity index (χ3v) is 4.80. The van der Waals surface area contributed by atoms with E-state index in [-0.39, 0.29) is 17.8 Å². The van der Waals surface area contributed by atoms with Crippen molar-refractivity contribution in [3.63, 3.8) is 0 Å². The van der Waals surface area contributed by atoms with E-state index >= 15 is 0 Å². The zero-order chi connectivity index (χ0) is 17.5. The van der Waals surface area contributed by atoms with E-state index < -0.39 is 5.60 Å². The second-order valence-corrected chi connectivity index (χ2v) is 7.98. The van der Waals surface area contributed by atoms with Crippen LogP contribution in [-0.4, -0.2) is 39.7 Å². The average Bonchev–Trinajstić information content (AvgIpc) is 2.88. The molecular formula is C17H21BrFN3O2. The number of carbonyl (C=O) groups is 1. The summed E-state index contributed by atoms with van der Waals surface area (Å²) in [5, 5.41) is 0.537. The third-order valence-electron chi connectivity index (χ3n) is 4.17. The van der Waals surface area contributed by atoms with Gasteiger partial charge < -0.3 is 14.6 Å². The van der Waals surface area contributed by atoms with Gasteiger partial charge in [-0.15, -0.1) is 0 Å². The molecule has 0 aromatic carbocycles. The molecule has 5 nitrogen and oxygen atoms in total. The highest BCUT2D eigenvalue weighted by molar-refractivity contribution is 9.10. The number of aromatic amines is 1. The van der Waals surface area contributed by atoms with Crippen molar-refractivity contribution < 1.29 is 13.9 Å². The fourth-order valence-corrected chi connectivity index (χ4v) is 3.51. The zero-order valence-corrected chi connectivity index (χ0v) is 15.6. The molecule has 2 aromatic heterocycles. The molecule has 1 fully saturated rings. The van der Waals surface area contributed by atoms with Crippen LogP contribution in [0.1, 0.15) is 45.2 Å². The van der Waals surface area contributed by atoms with E-state index in [4.69, 9.17) is 4.74 Å². The van der Waals surface area contributed by atoms with Gasteiger partial charge in [0, 0.05) is 29.7 Å². The summed E-state index contributed by atoms with van der Waals surface area (Å²) in [7, 11) is 0. The van der Waals surface area contributed by atoms with Gasteiger partial charge >= 0.3 is 6.09 Å².